The first-order chi connectivity index (χ1) is 17.1. The van der Waals surface area contributed by atoms with Crippen LogP contribution in [0, 0.1) is 17.1 Å². The fraction of sp³-hybridized carbons (Fsp3) is 0.103. The molecule has 0 heterocycles. The van der Waals surface area contributed by atoms with Crippen molar-refractivity contribution in [1.29, 1.82) is 5.26 Å². The van der Waals surface area contributed by atoms with Gasteiger partial charge < -0.3 is 14.8 Å². The molecule has 1 amide bonds. The van der Waals surface area contributed by atoms with Crippen LogP contribution in [0.25, 0.3) is 16.8 Å². The van der Waals surface area contributed by atoms with E-state index in [-0.39, 0.29) is 18.0 Å². The maximum atomic E-state index is 13.1. The van der Waals surface area contributed by atoms with Gasteiger partial charge in [0.25, 0.3) is 5.91 Å². The summed E-state index contributed by atoms with van der Waals surface area (Å²) < 4.78 is 24.7. The summed E-state index contributed by atoms with van der Waals surface area (Å²) in [4.78, 5) is 12.9. The van der Waals surface area contributed by atoms with Crippen LogP contribution in [0.1, 0.15) is 18.1 Å². The number of anilines is 1. The first kappa shape index (κ1) is 23.5. The molecular formula is C29H23FN2O3. The van der Waals surface area contributed by atoms with Crippen molar-refractivity contribution in [2.24, 2.45) is 0 Å². The first-order valence-electron chi connectivity index (χ1n) is 11.1. The van der Waals surface area contributed by atoms with Crippen LogP contribution in [0.5, 0.6) is 11.5 Å². The zero-order valence-electron chi connectivity index (χ0n) is 19.1. The van der Waals surface area contributed by atoms with Gasteiger partial charge in [-0.25, -0.2) is 4.39 Å². The summed E-state index contributed by atoms with van der Waals surface area (Å²) in [6.07, 6.45) is 1.51. The smallest absolute Gasteiger partial charge is 0.266 e. The minimum atomic E-state index is -0.501. The summed E-state index contributed by atoms with van der Waals surface area (Å²) in [5.41, 5.74) is 2.02. The Bertz CT molecular complexity index is 1420. The zero-order chi connectivity index (χ0) is 24.6. The van der Waals surface area contributed by atoms with Crippen molar-refractivity contribution in [2.45, 2.75) is 13.5 Å². The number of rotatable bonds is 8. The number of nitrogens with zero attached hydrogens (tertiary/aromatic N) is 1. The largest absolute Gasteiger partial charge is 0.490 e. The Morgan fingerprint density at radius 3 is 2.51 bits per heavy atom. The number of nitriles is 1. The minimum absolute atomic E-state index is 0.0413. The molecule has 0 aliphatic heterocycles. The number of hydrogen-bond acceptors (Lipinski definition) is 4. The van der Waals surface area contributed by atoms with Crippen LogP contribution < -0.4 is 14.8 Å². The van der Waals surface area contributed by atoms with Crippen LogP contribution in [0.4, 0.5) is 10.1 Å². The van der Waals surface area contributed by atoms with Crippen molar-refractivity contribution in [1.82, 2.24) is 0 Å². The predicted octanol–water partition coefficient (Wildman–Crippen LogP) is 6.50. The van der Waals surface area contributed by atoms with Crippen LogP contribution >= 0.6 is 0 Å². The normalized spacial score (nSPS) is 11.1. The van der Waals surface area contributed by atoms with Crippen LogP contribution in [-0.4, -0.2) is 12.5 Å². The molecule has 35 heavy (non-hydrogen) atoms. The Hall–Kier alpha value is -4.63. The highest BCUT2D eigenvalue weighted by molar-refractivity contribution is 6.12. The van der Waals surface area contributed by atoms with Gasteiger partial charge in [0.15, 0.2) is 11.5 Å². The molecule has 4 aromatic rings. The lowest BCUT2D eigenvalue weighted by Crippen LogP contribution is -2.13. The summed E-state index contributed by atoms with van der Waals surface area (Å²) >= 11 is 0. The number of halogens is 1. The molecule has 0 fully saturated rings. The number of benzene rings is 4. The lowest BCUT2D eigenvalue weighted by molar-refractivity contribution is -0.112. The SMILES string of the molecule is CCOc1cc(/C=C(\C#N)C(=O)Nc2cccc3ccccc23)ccc1OCc1ccc(F)cc1. The quantitative estimate of drug-likeness (QED) is 0.238. The molecule has 5 nitrogen and oxygen atoms in total. The lowest BCUT2D eigenvalue weighted by atomic mass is 10.1. The molecule has 0 spiro atoms. The number of ether oxygens (including phenoxy) is 2. The van der Waals surface area contributed by atoms with E-state index in [0.717, 1.165) is 16.3 Å². The van der Waals surface area contributed by atoms with Crippen molar-refractivity contribution in [3.05, 3.63) is 107 Å². The van der Waals surface area contributed by atoms with Crippen molar-refractivity contribution < 1.29 is 18.7 Å². The molecule has 1 N–H and O–H groups in total. The third-order valence-corrected chi connectivity index (χ3v) is 5.29. The van der Waals surface area contributed by atoms with E-state index in [2.05, 4.69) is 5.32 Å². The van der Waals surface area contributed by atoms with E-state index >= 15 is 0 Å². The lowest BCUT2D eigenvalue weighted by Gasteiger charge is -2.13. The second-order valence-corrected chi connectivity index (χ2v) is 7.70. The molecule has 0 unspecified atom stereocenters. The highest BCUT2D eigenvalue weighted by Crippen LogP contribution is 2.30. The maximum Gasteiger partial charge on any atom is 0.266 e. The molecule has 174 valence electrons. The van der Waals surface area contributed by atoms with Crippen LogP contribution in [0.3, 0.4) is 0 Å². The average molecular weight is 467 g/mol. The molecule has 0 aliphatic rings. The Morgan fingerprint density at radius 1 is 0.971 bits per heavy atom. The van der Waals surface area contributed by atoms with Crippen molar-refractivity contribution >= 4 is 28.4 Å². The molecule has 0 radical (unpaired) electrons. The topological polar surface area (TPSA) is 71.3 Å². The molecule has 4 rings (SSSR count). The maximum absolute atomic E-state index is 13.1. The number of nitrogens with one attached hydrogen (secondary N) is 1. The molecule has 0 bridgehead atoms. The van der Waals surface area contributed by atoms with Gasteiger partial charge in [-0.15, -0.1) is 0 Å². The van der Waals surface area contributed by atoms with Gasteiger partial charge in [0.2, 0.25) is 0 Å². The fourth-order valence-electron chi connectivity index (χ4n) is 3.58. The molecule has 0 aliphatic carbocycles. The van der Waals surface area contributed by atoms with E-state index in [1.165, 1.54) is 18.2 Å². The third kappa shape index (κ3) is 5.84. The highest BCUT2D eigenvalue weighted by Gasteiger charge is 2.13. The van der Waals surface area contributed by atoms with Crippen molar-refractivity contribution in [3.63, 3.8) is 0 Å². The summed E-state index contributed by atoms with van der Waals surface area (Å²) in [6, 6.07) is 26.5. The van der Waals surface area contributed by atoms with Gasteiger partial charge in [0, 0.05) is 11.1 Å². The summed E-state index contributed by atoms with van der Waals surface area (Å²) in [5.74, 6) is 0.179. The van der Waals surface area contributed by atoms with Crippen molar-refractivity contribution in [2.75, 3.05) is 11.9 Å². The first-order valence-corrected chi connectivity index (χ1v) is 11.1. The van der Waals surface area contributed by atoms with Gasteiger partial charge in [-0.3, -0.25) is 4.79 Å². The summed E-state index contributed by atoms with van der Waals surface area (Å²) in [6.45, 7) is 2.50. The van der Waals surface area contributed by atoms with Gasteiger partial charge in [0.1, 0.15) is 24.1 Å². The van der Waals surface area contributed by atoms with E-state index in [1.807, 2.05) is 49.4 Å². The second-order valence-electron chi connectivity index (χ2n) is 7.70. The van der Waals surface area contributed by atoms with E-state index in [0.29, 0.717) is 29.4 Å². The fourth-order valence-corrected chi connectivity index (χ4v) is 3.58. The Labute approximate surface area is 203 Å². The molecule has 6 heteroatoms. The number of fused-ring (bicyclic) bond motifs is 1. The summed E-state index contributed by atoms with van der Waals surface area (Å²) in [7, 11) is 0. The predicted molar refractivity (Wildman–Crippen MR) is 135 cm³/mol. The van der Waals surface area contributed by atoms with Crippen LogP contribution in [0.15, 0.2) is 90.5 Å². The summed E-state index contributed by atoms with van der Waals surface area (Å²) in [5, 5.41) is 14.4. The van der Waals surface area contributed by atoms with Gasteiger partial charge in [-0.1, -0.05) is 54.6 Å². The third-order valence-electron chi connectivity index (χ3n) is 5.29. The van der Waals surface area contributed by atoms with Crippen LogP contribution in [0.2, 0.25) is 0 Å². The molecule has 0 saturated heterocycles. The average Bonchev–Trinajstić information content (AvgIpc) is 2.88. The molecule has 0 aromatic heterocycles. The van der Waals surface area contributed by atoms with E-state index < -0.39 is 5.91 Å². The number of carbonyl (C=O) groups is 1. The molecule has 0 saturated carbocycles. The van der Waals surface area contributed by atoms with E-state index in [9.17, 15) is 14.4 Å². The Kier molecular flexibility index (Phi) is 7.39. The Balaban J connectivity index is 1.54. The molecule has 4 aromatic carbocycles. The minimum Gasteiger partial charge on any atom is -0.490 e. The number of hydrogen-bond donors (Lipinski definition) is 1. The van der Waals surface area contributed by atoms with Crippen molar-refractivity contribution in [3.8, 4) is 17.6 Å². The molecular weight excluding hydrogens is 443 g/mol. The van der Waals surface area contributed by atoms with Gasteiger partial charge >= 0.3 is 0 Å². The molecule has 0 atom stereocenters. The highest BCUT2D eigenvalue weighted by atomic mass is 19.1. The van der Waals surface area contributed by atoms with Crippen LogP contribution in [-0.2, 0) is 11.4 Å². The second kappa shape index (κ2) is 11.0. The standard InChI is InChI=1S/C29H23FN2O3/c1-2-34-28-17-21(12-15-27(28)35-19-20-10-13-24(30)14-11-20)16-23(18-31)29(33)32-26-9-5-7-22-6-3-4-8-25(22)26/h3-17H,2,19H2,1H3,(H,32,33)/b23-16+. The van der Waals surface area contributed by atoms with Gasteiger partial charge in [-0.2, -0.15) is 5.26 Å². The number of carbonyl (C=O) groups excluding carboxylic acids is 1. The monoisotopic (exact) mass is 466 g/mol. The van der Waals surface area contributed by atoms with Gasteiger partial charge in [0.05, 0.1) is 6.61 Å². The number of amides is 1. The van der Waals surface area contributed by atoms with Gasteiger partial charge in [-0.05, 0) is 59.8 Å². The van der Waals surface area contributed by atoms with E-state index in [4.69, 9.17) is 9.47 Å². The zero-order valence-corrected chi connectivity index (χ0v) is 19.1. The van der Waals surface area contributed by atoms with E-state index in [1.54, 1.807) is 36.4 Å². The Morgan fingerprint density at radius 2 is 1.74 bits per heavy atom.